The second kappa shape index (κ2) is 7.64. The van der Waals surface area contributed by atoms with Crippen LogP contribution < -0.4 is 29.6 Å². The van der Waals surface area contributed by atoms with Gasteiger partial charge in [-0.25, -0.2) is 8.42 Å². The smallest absolute Gasteiger partial charge is 0.726 e. The van der Waals surface area contributed by atoms with Crippen LogP contribution in [0.1, 0.15) is 5.56 Å². The van der Waals surface area contributed by atoms with Crippen molar-refractivity contribution in [3.63, 3.8) is 0 Å². The molecule has 126 valence electrons. The SMILES string of the molecule is O=S(=O)([O-])OCCc1c2ccccc2cc2c1ccc1ccccc12.[Na+]. The van der Waals surface area contributed by atoms with Gasteiger partial charge in [-0.15, -0.1) is 0 Å². The normalized spacial score (nSPS) is 11.7. The molecule has 0 aliphatic heterocycles. The van der Waals surface area contributed by atoms with E-state index in [1.54, 1.807) is 0 Å². The van der Waals surface area contributed by atoms with Crippen molar-refractivity contribution in [2.75, 3.05) is 6.61 Å². The van der Waals surface area contributed by atoms with Gasteiger partial charge in [-0.3, -0.25) is 4.18 Å². The summed E-state index contributed by atoms with van der Waals surface area (Å²) in [5, 5.41) is 6.56. The summed E-state index contributed by atoms with van der Waals surface area (Å²) in [5.74, 6) is 0. The van der Waals surface area contributed by atoms with Crippen molar-refractivity contribution in [1.29, 1.82) is 0 Å². The van der Waals surface area contributed by atoms with Gasteiger partial charge in [-0.1, -0.05) is 60.7 Å². The predicted molar refractivity (Wildman–Crippen MR) is 98.3 cm³/mol. The number of hydrogen-bond donors (Lipinski definition) is 0. The summed E-state index contributed by atoms with van der Waals surface area (Å²) in [5.41, 5.74) is 0.988. The zero-order valence-electron chi connectivity index (χ0n) is 14.3. The first-order valence-corrected chi connectivity index (χ1v) is 9.28. The Kier molecular flexibility index (Phi) is 5.67. The van der Waals surface area contributed by atoms with Gasteiger partial charge in [0.05, 0.1) is 6.61 Å². The predicted octanol–water partition coefficient (Wildman–Crippen LogP) is 1.17. The Hall–Kier alpha value is -1.47. The molecular weight excluding hydrogens is 359 g/mol. The van der Waals surface area contributed by atoms with Gasteiger partial charge in [-0.05, 0) is 50.4 Å². The van der Waals surface area contributed by atoms with Gasteiger partial charge in [-0.2, -0.15) is 0 Å². The molecule has 4 aromatic carbocycles. The van der Waals surface area contributed by atoms with Crippen LogP contribution in [0, 0.1) is 0 Å². The van der Waals surface area contributed by atoms with Crippen LogP contribution in [-0.4, -0.2) is 19.6 Å². The molecule has 0 unspecified atom stereocenters. The van der Waals surface area contributed by atoms with Crippen LogP contribution in [0.4, 0.5) is 0 Å². The fourth-order valence-corrected chi connectivity index (χ4v) is 3.72. The summed E-state index contributed by atoms with van der Waals surface area (Å²) in [6.07, 6.45) is 0.345. The van der Waals surface area contributed by atoms with Gasteiger partial charge in [0.1, 0.15) is 0 Å². The minimum absolute atomic E-state index is 0. The van der Waals surface area contributed by atoms with E-state index >= 15 is 0 Å². The topological polar surface area (TPSA) is 66.4 Å². The van der Waals surface area contributed by atoms with Crippen molar-refractivity contribution in [2.45, 2.75) is 6.42 Å². The third-order valence-corrected chi connectivity index (χ3v) is 4.92. The molecule has 0 N–H and O–H groups in total. The summed E-state index contributed by atoms with van der Waals surface area (Å²) < 4.78 is 36.7. The number of fused-ring (bicyclic) bond motifs is 4. The molecule has 0 saturated carbocycles. The van der Waals surface area contributed by atoms with Crippen LogP contribution in [0.2, 0.25) is 0 Å². The molecule has 0 spiro atoms. The molecule has 0 heterocycles. The molecule has 0 bridgehead atoms. The van der Waals surface area contributed by atoms with Crippen molar-refractivity contribution < 1.29 is 46.7 Å². The summed E-state index contributed by atoms with van der Waals surface area (Å²) in [4.78, 5) is 0. The Bertz CT molecular complexity index is 1200. The van der Waals surface area contributed by atoms with Crippen molar-refractivity contribution in [3.05, 3.63) is 72.3 Å². The van der Waals surface area contributed by atoms with Gasteiger partial charge in [0.25, 0.3) is 0 Å². The molecule has 0 fully saturated rings. The summed E-state index contributed by atoms with van der Waals surface area (Å²) in [6, 6.07) is 22.4. The fraction of sp³-hybridized carbons (Fsp3) is 0.100. The van der Waals surface area contributed by atoms with Gasteiger partial charge < -0.3 is 4.55 Å². The monoisotopic (exact) mass is 374 g/mol. The quantitative estimate of drug-likeness (QED) is 0.177. The number of hydrogen-bond acceptors (Lipinski definition) is 4. The third kappa shape index (κ3) is 3.78. The van der Waals surface area contributed by atoms with E-state index in [0.29, 0.717) is 6.42 Å². The van der Waals surface area contributed by atoms with Crippen LogP contribution in [-0.2, 0) is 21.0 Å². The molecule has 0 saturated heterocycles. The minimum Gasteiger partial charge on any atom is -0.726 e. The molecule has 0 aliphatic carbocycles. The standard InChI is InChI=1S/C20H16O4S.Na/c21-25(22,23)24-12-11-19-17-8-4-2-6-15(17)13-20-16-7-3-1-5-14(16)9-10-18(19)20;/h1-10,13H,11-12H2,(H,21,22,23);/q;+1/p-1. The second-order valence-electron chi connectivity index (χ2n) is 5.94. The number of benzene rings is 4. The van der Waals surface area contributed by atoms with Gasteiger partial charge in [0, 0.05) is 0 Å². The molecule has 4 rings (SSSR count). The maximum Gasteiger partial charge on any atom is 1.00 e. The van der Waals surface area contributed by atoms with Crippen LogP contribution in [0.3, 0.4) is 0 Å². The first kappa shape index (κ1) is 19.3. The third-order valence-electron chi connectivity index (χ3n) is 4.46. The Labute approximate surface area is 174 Å². The molecule has 6 heteroatoms. The van der Waals surface area contributed by atoms with E-state index in [-0.39, 0.29) is 36.2 Å². The largest absolute Gasteiger partial charge is 1.00 e. The molecule has 0 aromatic heterocycles. The number of rotatable bonds is 4. The summed E-state index contributed by atoms with van der Waals surface area (Å²) in [7, 11) is -4.69. The van der Waals surface area contributed by atoms with E-state index in [4.69, 9.17) is 0 Å². The van der Waals surface area contributed by atoms with Crippen molar-refractivity contribution in [1.82, 2.24) is 0 Å². The molecule has 26 heavy (non-hydrogen) atoms. The first-order chi connectivity index (χ1) is 12.0. The first-order valence-electron chi connectivity index (χ1n) is 7.95. The molecule has 0 aliphatic rings. The van der Waals surface area contributed by atoms with Crippen LogP contribution >= 0.6 is 0 Å². The van der Waals surface area contributed by atoms with E-state index in [9.17, 15) is 13.0 Å². The summed E-state index contributed by atoms with van der Waals surface area (Å²) in [6.45, 7) is -0.165. The van der Waals surface area contributed by atoms with E-state index in [2.05, 4.69) is 28.4 Å². The van der Waals surface area contributed by atoms with Crippen LogP contribution in [0.15, 0.2) is 66.7 Å². The Balaban J connectivity index is 0.00000196. The van der Waals surface area contributed by atoms with E-state index in [1.807, 2.05) is 42.5 Å². The molecule has 4 nitrogen and oxygen atoms in total. The molecule has 0 atom stereocenters. The Morgan fingerprint density at radius 3 is 2.15 bits per heavy atom. The second-order valence-corrected chi connectivity index (χ2v) is 6.99. The fourth-order valence-electron chi connectivity index (χ4n) is 3.43. The Morgan fingerprint density at radius 2 is 1.42 bits per heavy atom. The van der Waals surface area contributed by atoms with Gasteiger partial charge in [0.15, 0.2) is 0 Å². The van der Waals surface area contributed by atoms with Crippen molar-refractivity contribution in [3.8, 4) is 0 Å². The molecule has 0 amide bonds. The van der Waals surface area contributed by atoms with Gasteiger partial charge in [0.2, 0.25) is 10.4 Å². The molecular formula is C20H15NaO4S. The van der Waals surface area contributed by atoms with Crippen molar-refractivity contribution >= 4 is 42.7 Å². The summed E-state index contributed by atoms with van der Waals surface area (Å²) >= 11 is 0. The molecule has 4 aromatic rings. The van der Waals surface area contributed by atoms with Crippen molar-refractivity contribution in [2.24, 2.45) is 0 Å². The van der Waals surface area contributed by atoms with Crippen LogP contribution in [0.5, 0.6) is 0 Å². The Morgan fingerprint density at radius 1 is 0.769 bits per heavy atom. The maximum atomic E-state index is 10.7. The maximum absolute atomic E-state index is 10.7. The van der Waals surface area contributed by atoms with E-state index < -0.39 is 10.4 Å². The molecule has 0 radical (unpaired) electrons. The minimum atomic E-state index is -4.69. The average Bonchev–Trinajstić information content (AvgIpc) is 2.60. The van der Waals surface area contributed by atoms with E-state index in [1.165, 1.54) is 0 Å². The van der Waals surface area contributed by atoms with E-state index in [0.717, 1.165) is 37.9 Å². The zero-order valence-corrected chi connectivity index (χ0v) is 17.1. The van der Waals surface area contributed by atoms with Gasteiger partial charge >= 0.3 is 29.6 Å². The zero-order chi connectivity index (χ0) is 17.4. The average molecular weight is 374 g/mol. The van der Waals surface area contributed by atoms with Crippen LogP contribution in [0.25, 0.3) is 32.3 Å².